The maximum atomic E-state index is 11.3. The first-order valence-electron chi connectivity index (χ1n) is 6.23. The Bertz CT molecular complexity index is 463. The summed E-state index contributed by atoms with van der Waals surface area (Å²) >= 11 is 0. The van der Waals surface area contributed by atoms with E-state index in [1.54, 1.807) is 0 Å². The van der Waals surface area contributed by atoms with Crippen LogP contribution in [0.15, 0.2) is 18.2 Å². The summed E-state index contributed by atoms with van der Waals surface area (Å²) in [5.41, 5.74) is 3.63. The molecule has 3 rings (SSSR count). The van der Waals surface area contributed by atoms with Crippen LogP contribution in [0, 0.1) is 5.41 Å². The molecule has 1 aromatic carbocycles. The highest BCUT2D eigenvalue weighted by Gasteiger charge is 2.41. The van der Waals surface area contributed by atoms with Gasteiger partial charge in [-0.15, -0.1) is 0 Å². The lowest BCUT2D eigenvalue weighted by atomic mass is 9.93. The summed E-state index contributed by atoms with van der Waals surface area (Å²) in [6, 6.07) is 6.25. The van der Waals surface area contributed by atoms with Gasteiger partial charge in [0.25, 0.3) is 0 Å². The summed E-state index contributed by atoms with van der Waals surface area (Å²) < 4.78 is 0. The van der Waals surface area contributed by atoms with Crippen LogP contribution in [0.4, 0.5) is 5.69 Å². The van der Waals surface area contributed by atoms with Crippen LogP contribution in [0.3, 0.4) is 0 Å². The predicted molar refractivity (Wildman–Crippen MR) is 65.8 cm³/mol. The molecule has 0 saturated heterocycles. The number of aryl methyl sites for hydroxylation is 1. The molecule has 1 saturated carbocycles. The average molecular weight is 231 g/mol. The van der Waals surface area contributed by atoms with Gasteiger partial charge in [0.1, 0.15) is 0 Å². The molecule has 3 heteroatoms. The quantitative estimate of drug-likeness (QED) is 0.834. The highest BCUT2D eigenvalue weighted by atomic mass is 16.3. The van der Waals surface area contributed by atoms with Gasteiger partial charge in [-0.25, -0.2) is 0 Å². The van der Waals surface area contributed by atoms with Gasteiger partial charge in [0.05, 0.1) is 0 Å². The number of hydrogen-bond donors (Lipinski definition) is 2. The second-order valence-electron chi connectivity index (χ2n) is 5.37. The molecule has 1 amide bonds. The minimum absolute atomic E-state index is 0.110. The van der Waals surface area contributed by atoms with Gasteiger partial charge in [0.2, 0.25) is 5.91 Å². The molecule has 17 heavy (non-hydrogen) atoms. The molecule has 1 aromatic rings. The Balaban J connectivity index is 1.81. The number of fused-ring (bicyclic) bond motifs is 1. The first kappa shape index (κ1) is 10.8. The van der Waals surface area contributed by atoms with Gasteiger partial charge < -0.3 is 10.4 Å². The molecule has 0 spiro atoms. The fraction of sp³-hybridized carbons (Fsp3) is 0.500. The summed E-state index contributed by atoms with van der Waals surface area (Å²) in [4.78, 5) is 11.3. The predicted octanol–water partition coefficient (Wildman–Crippen LogP) is 1.89. The Morgan fingerprint density at radius 3 is 2.82 bits per heavy atom. The van der Waals surface area contributed by atoms with E-state index in [9.17, 15) is 9.90 Å². The van der Waals surface area contributed by atoms with E-state index in [0.717, 1.165) is 31.4 Å². The minimum atomic E-state index is 0.110. The van der Waals surface area contributed by atoms with Crippen molar-refractivity contribution < 1.29 is 9.90 Å². The molecule has 1 aliphatic heterocycles. The Kier molecular flexibility index (Phi) is 2.44. The van der Waals surface area contributed by atoms with E-state index in [1.165, 1.54) is 11.1 Å². The van der Waals surface area contributed by atoms with E-state index in [2.05, 4.69) is 17.4 Å². The van der Waals surface area contributed by atoms with Crippen LogP contribution < -0.4 is 5.32 Å². The van der Waals surface area contributed by atoms with Crippen molar-refractivity contribution in [3.63, 3.8) is 0 Å². The van der Waals surface area contributed by atoms with Crippen molar-refractivity contribution in [1.29, 1.82) is 0 Å². The molecule has 0 bridgehead atoms. The number of anilines is 1. The number of carbonyl (C=O) groups excluding carboxylic acids is 1. The van der Waals surface area contributed by atoms with Crippen molar-refractivity contribution >= 4 is 11.6 Å². The van der Waals surface area contributed by atoms with Gasteiger partial charge in [-0.2, -0.15) is 0 Å². The lowest BCUT2D eigenvalue weighted by Gasteiger charge is -2.19. The molecule has 3 nitrogen and oxygen atoms in total. The third-order valence-electron chi connectivity index (χ3n) is 3.94. The van der Waals surface area contributed by atoms with Gasteiger partial charge in [0, 0.05) is 18.7 Å². The first-order valence-corrected chi connectivity index (χ1v) is 6.23. The summed E-state index contributed by atoms with van der Waals surface area (Å²) in [5, 5.41) is 12.2. The van der Waals surface area contributed by atoms with E-state index in [-0.39, 0.29) is 11.3 Å². The van der Waals surface area contributed by atoms with Crippen molar-refractivity contribution in [2.75, 3.05) is 11.9 Å². The van der Waals surface area contributed by atoms with Crippen molar-refractivity contribution in [1.82, 2.24) is 0 Å². The molecule has 0 aromatic heterocycles. The minimum Gasteiger partial charge on any atom is -0.396 e. The fourth-order valence-corrected chi connectivity index (χ4v) is 2.55. The molecule has 2 aliphatic rings. The highest BCUT2D eigenvalue weighted by molar-refractivity contribution is 5.93. The van der Waals surface area contributed by atoms with Crippen LogP contribution in [0.25, 0.3) is 0 Å². The summed E-state index contributed by atoms with van der Waals surface area (Å²) in [6.07, 6.45) is 4.65. The number of carbonyl (C=O) groups is 1. The first-order chi connectivity index (χ1) is 8.21. The largest absolute Gasteiger partial charge is 0.396 e. The lowest BCUT2D eigenvalue weighted by molar-refractivity contribution is -0.116. The zero-order valence-electron chi connectivity index (χ0n) is 9.83. The van der Waals surface area contributed by atoms with Crippen LogP contribution in [-0.4, -0.2) is 17.6 Å². The van der Waals surface area contributed by atoms with E-state index in [1.807, 2.05) is 6.07 Å². The van der Waals surface area contributed by atoms with Crippen molar-refractivity contribution in [3.8, 4) is 0 Å². The maximum Gasteiger partial charge on any atom is 0.224 e. The van der Waals surface area contributed by atoms with Crippen molar-refractivity contribution in [3.05, 3.63) is 29.3 Å². The Labute approximate surface area is 101 Å². The molecular weight excluding hydrogens is 214 g/mol. The lowest BCUT2D eigenvalue weighted by Crippen LogP contribution is -2.19. The maximum absolute atomic E-state index is 11.3. The van der Waals surface area contributed by atoms with Crippen molar-refractivity contribution in [2.24, 2.45) is 5.41 Å². The third kappa shape index (κ3) is 2.07. The molecule has 0 unspecified atom stereocenters. The summed E-state index contributed by atoms with van der Waals surface area (Å²) in [7, 11) is 0. The molecule has 2 N–H and O–H groups in total. The topological polar surface area (TPSA) is 49.3 Å². The molecule has 0 radical (unpaired) electrons. The standard InChI is InChI=1S/C14H17NO2/c16-9-14(5-6-14)8-10-1-3-12-11(7-10)2-4-13(17)15-12/h1,3,7,16H,2,4-6,8-9H2,(H,15,17). The molecule has 1 heterocycles. The fourth-order valence-electron chi connectivity index (χ4n) is 2.55. The molecule has 0 atom stereocenters. The van der Waals surface area contributed by atoms with Gasteiger partial charge in [-0.1, -0.05) is 12.1 Å². The molecule has 1 fully saturated rings. The zero-order valence-corrected chi connectivity index (χ0v) is 9.83. The number of rotatable bonds is 3. The van der Waals surface area contributed by atoms with Crippen LogP contribution in [0.2, 0.25) is 0 Å². The van der Waals surface area contributed by atoms with Crippen LogP contribution >= 0.6 is 0 Å². The highest BCUT2D eigenvalue weighted by Crippen LogP contribution is 2.48. The van der Waals surface area contributed by atoms with E-state index in [4.69, 9.17) is 0 Å². The smallest absolute Gasteiger partial charge is 0.224 e. The van der Waals surface area contributed by atoms with Crippen molar-refractivity contribution in [2.45, 2.75) is 32.1 Å². The van der Waals surface area contributed by atoms with Gasteiger partial charge >= 0.3 is 0 Å². The second-order valence-corrected chi connectivity index (χ2v) is 5.37. The summed E-state index contributed by atoms with van der Waals surface area (Å²) in [5.74, 6) is 0.110. The Morgan fingerprint density at radius 2 is 2.12 bits per heavy atom. The average Bonchev–Trinajstić information content (AvgIpc) is 3.10. The number of hydrogen-bond acceptors (Lipinski definition) is 2. The zero-order chi connectivity index (χ0) is 11.9. The Morgan fingerprint density at radius 1 is 1.29 bits per heavy atom. The SMILES string of the molecule is O=C1CCc2cc(CC3(CO)CC3)ccc2N1. The van der Waals surface area contributed by atoms with Gasteiger partial charge in [0.15, 0.2) is 0 Å². The monoisotopic (exact) mass is 231 g/mol. The normalized spacial score (nSPS) is 20.6. The molecule has 90 valence electrons. The Hall–Kier alpha value is -1.35. The number of amides is 1. The molecule has 1 aliphatic carbocycles. The number of aliphatic hydroxyl groups excluding tert-OH is 1. The van der Waals surface area contributed by atoms with Crippen LogP contribution in [0.5, 0.6) is 0 Å². The van der Waals surface area contributed by atoms with Crippen LogP contribution in [-0.2, 0) is 17.6 Å². The van der Waals surface area contributed by atoms with E-state index in [0.29, 0.717) is 13.0 Å². The molecular formula is C14H17NO2. The second kappa shape index (κ2) is 3.84. The van der Waals surface area contributed by atoms with E-state index >= 15 is 0 Å². The number of nitrogens with one attached hydrogen (secondary N) is 1. The van der Waals surface area contributed by atoms with Gasteiger partial charge in [-0.05, 0) is 48.3 Å². The van der Waals surface area contributed by atoms with E-state index < -0.39 is 0 Å². The third-order valence-corrected chi connectivity index (χ3v) is 3.94. The summed E-state index contributed by atoms with van der Waals surface area (Å²) in [6.45, 7) is 0.292. The number of aliphatic hydroxyl groups is 1. The number of benzene rings is 1. The van der Waals surface area contributed by atoms with Gasteiger partial charge in [-0.3, -0.25) is 4.79 Å². The van der Waals surface area contributed by atoms with Crippen LogP contribution in [0.1, 0.15) is 30.4 Å².